The molecule has 0 spiro atoms. The van der Waals surface area contributed by atoms with Crippen LogP contribution in [0.25, 0.3) is 0 Å². The van der Waals surface area contributed by atoms with Crippen molar-refractivity contribution in [2.45, 2.75) is 108 Å². The minimum absolute atomic E-state index is 0.0135. The van der Waals surface area contributed by atoms with Crippen LogP contribution in [0.1, 0.15) is 71.6 Å². The lowest BCUT2D eigenvalue weighted by Gasteiger charge is -2.64. The first-order valence-electron chi connectivity index (χ1n) is 14.1. The van der Waals surface area contributed by atoms with Gasteiger partial charge in [0, 0.05) is 11.5 Å². The Morgan fingerprint density at radius 2 is 1.83 bits per heavy atom. The fraction of sp³-hybridized carbons (Fsp3) is 0.893. The van der Waals surface area contributed by atoms with E-state index in [1.807, 2.05) is 0 Å². The average Bonchev–Trinajstić information content (AvgIpc) is 3.39. The molecular weight excluding hydrogens is 462 g/mol. The van der Waals surface area contributed by atoms with Crippen LogP contribution in [0.4, 0.5) is 0 Å². The maximum absolute atomic E-state index is 12.4. The van der Waals surface area contributed by atoms with Gasteiger partial charge in [0.15, 0.2) is 6.29 Å². The lowest BCUT2D eigenvalue weighted by molar-refractivity contribution is -0.274. The third kappa shape index (κ3) is 3.58. The zero-order valence-corrected chi connectivity index (χ0v) is 21.6. The van der Waals surface area contributed by atoms with Crippen LogP contribution >= 0.6 is 0 Å². The first-order chi connectivity index (χ1) is 17.1. The number of hydrogen-bond donors (Lipinski definition) is 4. The second-order valence-electron chi connectivity index (χ2n) is 13.2. The SMILES string of the molecule is C[C@]12CC[C@H](O[C@H]3OC[C@H](N)[C@H](O)C3O)CC1CCC1C2CC[C@]2(C)[C@@H](C3=CC(=O)OC3)CC[C@]12O. The topological polar surface area (TPSA) is 131 Å². The lowest BCUT2D eigenvalue weighted by atomic mass is 9.43. The van der Waals surface area contributed by atoms with E-state index in [0.29, 0.717) is 18.4 Å². The quantitative estimate of drug-likeness (QED) is 0.339. The molecule has 36 heavy (non-hydrogen) atoms. The molecule has 4 unspecified atom stereocenters. The van der Waals surface area contributed by atoms with E-state index in [1.165, 1.54) is 0 Å². The third-order valence-electron chi connectivity index (χ3n) is 11.8. The number of carbonyl (C=O) groups excluding carboxylic acids is 1. The van der Waals surface area contributed by atoms with Gasteiger partial charge < -0.3 is 35.3 Å². The highest BCUT2D eigenvalue weighted by molar-refractivity contribution is 5.85. The second kappa shape index (κ2) is 8.75. The van der Waals surface area contributed by atoms with Gasteiger partial charge in [-0.2, -0.15) is 0 Å². The smallest absolute Gasteiger partial charge is 0.331 e. The molecule has 1 saturated heterocycles. The summed E-state index contributed by atoms with van der Waals surface area (Å²) in [4.78, 5) is 11.8. The summed E-state index contributed by atoms with van der Waals surface area (Å²) in [6.07, 6.45) is 7.37. The molecule has 8 heteroatoms. The van der Waals surface area contributed by atoms with Crippen molar-refractivity contribution in [3.05, 3.63) is 11.6 Å². The van der Waals surface area contributed by atoms with Crippen molar-refractivity contribution < 1.29 is 34.3 Å². The highest BCUT2D eigenvalue weighted by Crippen LogP contribution is 2.70. The Labute approximate surface area is 213 Å². The van der Waals surface area contributed by atoms with E-state index >= 15 is 0 Å². The number of ether oxygens (including phenoxy) is 3. The van der Waals surface area contributed by atoms with E-state index < -0.39 is 30.1 Å². The van der Waals surface area contributed by atoms with Crippen LogP contribution in [0.5, 0.6) is 0 Å². The molecule has 6 rings (SSSR count). The molecule has 0 aromatic heterocycles. The molecule has 0 bridgehead atoms. The van der Waals surface area contributed by atoms with Crippen LogP contribution in [0.15, 0.2) is 11.6 Å². The van der Waals surface area contributed by atoms with Crippen molar-refractivity contribution >= 4 is 5.97 Å². The number of fused-ring (bicyclic) bond motifs is 5. The van der Waals surface area contributed by atoms with Crippen LogP contribution in [0.2, 0.25) is 0 Å². The molecule has 5 fully saturated rings. The van der Waals surface area contributed by atoms with Crippen LogP contribution in [-0.2, 0) is 19.0 Å². The zero-order valence-electron chi connectivity index (χ0n) is 21.6. The zero-order chi connectivity index (χ0) is 25.5. The molecule has 2 heterocycles. The molecule has 12 atom stereocenters. The van der Waals surface area contributed by atoms with Crippen LogP contribution in [0.3, 0.4) is 0 Å². The number of rotatable bonds is 3. The summed E-state index contributed by atoms with van der Waals surface area (Å²) in [6.45, 7) is 5.26. The summed E-state index contributed by atoms with van der Waals surface area (Å²) in [7, 11) is 0. The molecule has 0 amide bonds. The van der Waals surface area contributed by atoms with E-state index in [2.05, 4.69) is 13.8 Å². The molecule has 0 radical (unpaired) electrons. The number of cyclic esters (lactones) is 1. The highest BCUT2D eigenvalue weighted by Gasteiger charge is 2.67. The number of aliphatic hydroxyl groups is 3. The molecule has 4 saturated carbocycles. The maximum atomic E-state index is 12.4. The second-order valence-corrected chi connectivity index (χ2v) is 13.2. The summed E-state index contributed by atoms with van der Waals surface area (Å²) in [5.74, 6) is 1.22. The first-order valence-corrected chi connectivity index (χ1v) is 14.1. The van der Waals surface area contributed by atoms with Crippen LogP contribution in [0, 0.1) is 34.5 Å². The molecule has 4 aliphatic carbocycles. The van der Waals surface area contributed by atoms with Crippen molar-refractivity contribution in [2.24, 2.45) is 40.2 Å². The molecular formula is C28H43NO7. The Morgan fingerprint density at radius 1 is 1.03 bits per heavy atom. The normalized spacial score (nSPS) is 54.8. The van der Waals surface area contributed by atoms with Crippen LogP contribution < -0.4 is 5.73 Å². The maximum Gasteiger partial charge on any atom is 0.331 e. The molecule has 202 valence electrons. The van der Waals surface area contributed by atoms with Gasteiger partial charge in [0.25, 0.3) is 0 Å². The first kappa shape index (κ1) is 25.3. The monoisotopic (exact) mass is 505 g/mol. The van der Waals surface area contributed by atoms with Crippen molar-refractivity contribution in [1.82, 2.24) is 0 Å². The van der Waals surface area contributed by atoms with Crippen molar-refractivity contribution in [1.29, 1.82) is 0 Å². The van der Waals surface area contributed by atoms with Gasteiger partial charge in [0.05, 0.1) is 24.4 Å². The van der Waals surface area contributed by atoms with Crippen molar-refractivity contribution in [3.63, 3.8) is 0 Å². The summed E-state index contributed by atoms with van der Waals surface area (Å²) in [5, 5.41) is 32.9. The number of hydrogen-bond acceptors (Lipinski definition) is 8. The van der Waals surface area contributed by atoms with E-state index in [1.54, 1.807) is 6.08 Å². The average molecular weight is 506 g/mol. The molecule has 2 aliphatic heterocycles. The lowest BCUT2D eigenvalue weighted by Crippen LogP contribution is -2.62. The van der Waals surface area contributed by atoms with Gasteiger partial charge in [0.2, 0.25) is 0 Å². The number of esters is 1. The number of aliphatic hydroxyl groups excluding tert-OH is 2. The van der Waals surface area contributed by atoms with E-state index in [0.717, 1.165) is 63.4 Å². The Kier molecular flexibility index (Phi) is 6.14. The minimum atomic E-state index is -1.13. The number of nitrogens with two attached hydrogens (primary N) is 1. The van der Waals surface area contributed by atoms with E-state index in [-0.39, 0.29) is 41.3 Å². The summed E-state index contributed by atoms with van der Waals surface area (Å²) < 4.78 is 17.1. The van der Waals surface area contributed by atoms with Crippen LogP contribution in [-0.4, -0.2) is 70.7 Å². The minimum Gasteiger partial charge on any atom is -0.458 e. The standard InChI is InChI=1S/C28H43NO7/c1-26-8-5-17(36-25-24(32)23(31)21(29)14-35-25)12-16(26)3-4-20-19(26)6-9-27(2)18(7-10-28(20,27)33)15-11-22(30)34-13-15/h11,16-21,23-25,31-33H,3-10,12-14,29H2,1-2H3/t16?,17-,18+,19?,20?,21-,23-,24?,25+,26-,27+,28-/m0/s1. The van der Waals surface area contributed by atoms with Gasteiger partial charge >= 0.3 is 5.97 Å². The fourth-order valence-electron chi connectivity index (χ4n) is 9.62. The number of carbonyl (C=O) groups is 1. The third-order valence-corrected chi connectivity index (χ3v) is 11.8. The Balaban J connectivity index is 1.16. The van der Waals surface area contributed by atoms with Gasteiger partial charge in [-0.3, -0.25) is 0 Å². The molecule has 5 N–H and O–H groups in total. The van der Waals surface area contributed by atoms with Gasteiger partial charge in [-0.1, -0.05) is 13.8 Å². The Bertz CT molecular complexity index is 926. The van der Waals surface area contributed by atoms with Gasteiger partial charge in [-0.05, 0) is 92.4 Å². The largest absolute Gasteiger partial charge is 0.458 e. The highest BCUT2D eigenvalue weighted by atomic mass is 16.7. The van der Waals surface area contributed by atoms with E-state index in [9.17, 15) is 20.1 Å². The van der Waals surface area contributed by atoms with Gasteiger partial charge in [-0.15, -0.1) is 0 Å². The molecule has 6 aliphatic rings. The van der Waals surface area contributed by atoms with E-state index in [4.69, 9.17) is 19.9 Å². The van der Waals surface area contributed by atoms with Crippen molar-refractivity contribution in [2.75, 3.05) is 13.2 Å². The van der Waals surface area contributed by atoms with Gasteiger partial charge in [0.1, 0.15) is 18.8 Å². The van der Waals surface area contributed by atoms with Crippen molar-refractivity contribution in [3.8, 4) is 0 Å². The Hall–Kier alpha value is -1.03. The molecule has 0 aromatic carbocycles. The summed E-state index contributed by atoms with van der Waals surface area (Å²) in [5.41, 5.74) is 6.11. The fourth-order valence-corrected chi connectivity index (χ4v) is 9.62. The predicted octanol–water partition coefficient (Wildman–Crippen LogP) is 2.03. The Morgan fingerprint density at radius 3 is 2.58 bits per heavy atom. The van der Waals surface area contributed by atoms with Gasteiger partial charge in [-0.25, -0.2) is 4.79 Å². The molecule has 0 aromatic rings. The predicted molar refractivity (Wildman–Crippen MR) is 130 cm³/mol. The summed E-state index contributed by atoms with van der Waals surface area (Å²) >= 11 is 0. The molecule has 8 nitrogen and oxygen atoms in total. The summed E-state index contributed by atoms with van der Waals surface area (Å²) in [6, 6.07) is -0.597.